The predicted molar refractivity (Wildman–Crippen MR) is 106 cm³/mol. The highest BCUT2D eigenvalue weighted by Crippen LogP contribution is 2.06. The quantitative estimate of drug-likeness (QED) is 0.258. The number of unbranched alkanes of at least 4 members (excludes halogenated alkanes) is 1. The van der Waals surface area contributed by atoms with Crippen molar-refractivity contribution in [3.63, 3.8) is 0 Å². The van der Waals surface area contributed by atoms with Crippen LogP contribution in [0, 0.1) is 5.92 Å². The summed E-state index contributed by atoms with van der Waals surface area (Å²) in [6.45, 7) is 9.86. The van der Waals surface area contributed by atoms with E-state index >= 15 is 0 Å². The van der Waals surface area contributed by atoms with E-state index < -0.39 is 0 Å². The normalized spacial score (nSPS) is 12.6. The molecule has 0 aliphatic carbocycles. The van der Waals surface area contributed by atoms with Gasteiger partial charge in [0.25, 0.3) is 0 Å². The van der Waals surface area contributed by atoms with Crippen molar-refractivity contribution in [1.29, 1.82) is 0 Å². The molecule has 0 aliphatic heterocycles. The molecule has 0 saturated heterocycles. The number of hydrogen-bond acceptors (Lipinski definition) is 2. The maximum absolute atomic E-state index is 11.6. The van der Waals surface area contributed by atoms with Crippen molar-refractivity contribution in [3.05, 3.63) is 0 Å². The molecule has 1 unspecified atom stereocenters. The molecule has 5 nitrogen and oxygen atoms in total. The first kappa shape index (κ1) is 23.7. The maximum atomic E-state index is 11.6. The molecule has 0 heterocycles. The van der Waals surface area contributed by atoms with E-state index in [0.717, 1.165) is 31.8 Å². The molecule has 1 atom stereocenters. The number of likely N-dealkylation sites (N-methyl/N-ethyl adjacent to an activating group) is 1. The fourth-order valence-corrected chi connectivity index (χ4v) is 1.71. The topological polar surface area (TPSA) is 56.7 Å². The van der Waals surface area contributed by atoms with E-state index in [2.05, 4.69) is 43.3 Å². The van der Waals surface area contributed by atoms with E-state index in [1.165, 1.54) is 6.42 Å². The van der Waals surface area contributed by atoms with Gasteiger partial charge in [0, 0.05) is 26.7 Å². The molecule has 22 heavy (non-hydrogen) atoms. The van der Waals surface area contributed by atoms with Gasteiger partial charge in [-0.3, -0.25) is 4.79 Å². The number of amides is 1. The van der Waals surface area contributed by atoms with Crippen molar-refractivity contribution in [2.45, 2.75) is 59.4 Å². The summed E-state index contributed by atoms with van der Waals surface area (Å²) in [7, 11) is 3.50. The molecule has 0 aromatic rings. The summed E-state index contributed by atoms with van der Waals surface area (Å²) < 4.78 is 0. The fourth-order valence-electron chi connectivity index (χ4n) is 1.71. The van der Waals surface area contributed by atoms with Crippen LogP contribution in [0.15, 0.2) is 4.99 Å². The largest absolute Gasteiger partial charge is 0.356 e. The zero-order chi connectivity index (χ0) is 16.3. The van der Waals surface area contributed by atoms with Gasteiger partial charge in [-0.05, 0) is 32.1 Å². The summed E-state index contributed by atoms with van der Waals surface area (Å²) in [6.07, 6.45) is 4.53. The van der Waals surface area contributed by atoms with Crippen molar-refractivity contribution in [2.75, 3.05) is 27.2 Å². The highest BCUT2D eigenvalue weighted by atomic mass is 127. The molecular formula is C16H35IN4O. The third kappa shape index (κ3) is 13.2. The first-order valence-electron chi connectivity index (χ1n) is 8.11. The van der Waals surface area contributed by atoms with E-state index in [1.807, 2.05) is 0 Å². The Kier molecular flexibility index (Phi) is 15.2. The predicted octanol–water partition coefficient (Wildman–Crippen LogP) is 2.85. The number of aliphatic imine (C=N–C) groups is 1. The van der Waals surface area contributed by atoms with Crippen LogP contribution in [0.4, 0.5) is 0 Å². The summed E-state index contributed by atoms with van der Waals surface area (Å²) in [5.41, 5.74) is 0. The second-order valence-electron chi connectivity index (χ2n) is 6.25. The maximum Gasteiger partial charge on any atom is 0.243 e. The number of nitrogens with one attached hydrogen (secondary N) is 2. The van der Waals surface area contributed by atoms with E-state index in [1.54, 1.807) is 19.0 Å². The van der Waals surface area contributed by atoms with Gasteiger partial charge < -0.3 is 15.5 Å². The van der Waals surface area contributed by atoms with Gasteiger partial charge in [0.05, 0.1) is 0 Å². The van der Waals surface area contributed by atoms with Crippen molar-refractivity contribution in [3.8, 4) is 0 Å². The van der Waals surface area contributed by atoms with Crippen LogP contribution in [-0.4, -0.2) is 50.0 Å². The molecule has 0 rings (SSSR count). The van der Waals surface area contributed by atoms with Gasteiger partial charge in [-0.2, -0.15) is 0 Å². The Labute approximate surface area is 153 Å². The highest BCUT2D eigenvalue weighted by Gasteiger charge is 2.08. The van der Waals surface area contributed by atoms with Gasteiger partial charge in [-0.1, -0.05) is 27.2 Å². The summed E-state index contributed by atoms with van der Waals surface area (Å²) in [5, 5.41) is 6.70. The van der Waals surface area contributed by atoms with Crippen molar-refractivity contribution < 1.29 is 4.79 Å². The standard InChI is InChI=1S/C16H34N4O.HI/c1-7-8-11-17-16(18-12-15(21)20(5)6)19-14(4)10-9-13(2)3;/h13-14H,7-12H2,1-6H3,(H2,17,18,19);1H. The van der Waals surface area contributed by atoms with E-state index in [0.29, 0.717) is 12.0 Å². The van der Waals surface area contributed by atoms with Gasteiger partial charge in [-0.15, -0.1) is 24.0 Å². The van der Waals surface area contributed by atoms with Gasteiger partial charge >= 0.3 is 0 Å². The Balaban J connectivity index is 0. The Morgan fingerprint density at radius 3 is 2.32 bits per heavy atom. The third-order valence-corrected chi connectivity index (χ3v) is 3.25. The van der Waals surface area contributed by atoms with Crippen LogP contribution in [0.1, 0.15) is 53.4 Å². The number of nitrogens with zero attached hydrogens (tertiary/aromatic N) is 2. The van der Waals surface area contributed by atoms with Crippen LogP contribution in [0.3, 0.4) is 0 Å². The molecule has 0 radical (unpaired) electrons. The molecule has 0 aromatic carbocycles. The molecule has 0 aromatic heterocycles. The van der Waals surface area contributed by atoms with Gasteiger partial charge in [0.15, 0.2) is 5.96 Å². The first-order valence-corrected chi connectivity index (χ1v) is 8.11. The SMILES string of the molecule is CCCCNC(=NCC(=O)N(C)C)NC(C)CCC(C)C.I. The van der Waals surface area contributed by atoms with Gasteiger partial charge in [0.1, 0.15) is 6.54 Å². The number of guanidine groups is 1. The van der Waals surface area contributed by atoms with Crippen molar-refractivity contribution in [2.24, 2.45) is 10.9 Å². The van der Waals surface area contributed by atoms with Crippen molar-refractivity contribution in [1.82, 2.24) is 15.5 Å². The van der Waals surface area contributed by atoms with E-state index in [9.17, 15) is 4.79 Å². The van der Waals surface area contributed by atoms with Crippen LogP contribution in [0.5, 0.6) is 0 Å². The molecule has 0 fully saturated rings. The monoisotopic (exact) mass is 426 g/mol. The van der Waals surface area contributed by atoms with Crippen LogP contribution in [0.2, 0.25) is 0 Å². The average molecular weight is 426 g/mol. The minimum atomic E-state index is 0. The Bertz CT molecular complexity index is 319. The van der Waals surface area contributed by atoms with Crippen LogP contribution in [-0.2, 0) is 4.79 Å². The number of rotatable bonds is 9. The Morgan fingerprint density at radius 2 is 1.82 bits per heavy atom. The molecular weight excluding hydrogens is 391 g/mol. The van der Waals surface area contributed by atoms with Crippen molar-refractivity contribution >= 4 is 35.8 Å². The Hall–Kier alpha value is -0.530. The number of hydrogen-bond donors (Lipinski definition) is 2. The fraction of sp³-hybridized carbons (Fsp3) is 0.875. The summed E-state index contributed by atoms with van der Waals surface area (Å²) in [5.74, 6) is 1.47. The number of carbonyl (C=O) groups excluding carboxylic acids is 1. The third-order valence-electron chi connectivity index (χ3n) is 3.25. The molecule has 0 bridgehead atoms. The summed E-state index contributed by atoms with van der Waals surface area (Å²) in [4.78, 5) is 17.6. The lowest BCUT2D eigenvalue weighted by Gasteiger charge is -2.19. The van der Waals surface area contributed by atoms with Gasteiger partial charge in [0.2, 0.25) is 5.91 Å². The first-order chi connectivity index (χ1) is 9.86. The van der Waals surface area contributed by atoms with Gasteiger partial charge in [-0.25, -0.2) is 4.99 Å². The summed E-state index contributed by atoms with van der Waals surface area (Å²) in [6, 6.07) is 0.356. The van der Waals surface area contributed by atoms with Crippen LogP contribution >= 0.6 is 24.0 Å². The number of carbonyl (C=O) groups is 1. The molecule has 0 spiro atoms. The summed E-state index contributed by atoms with van der Waals surface area (Å²) >= 11 is 0. The average Bonchev–Trinajstić information content (AvgIpc) is 2.41. The van der Waals surface area contributed by atoms with E-state index in [-0.39, 0.29) is 36.4 Å². The molecule has 0 aliphatic rings. The van der Waals surface area contributed by atoms with Crippen LogP contribution < -0.4 is 10.6 Å². The van der Waals surface area contributed by atoms with E-state index in [4.69, 9.17) is 0 Å². The second kappa shape index (κ2) is 14.1. The number of halogens is 1. The zero-order valence-corrected chi connectivity index (χ0v) is 17.4. The molecule has 0 saturated carbocycles. The lowest BCUT2D eigenvalue weighted by Crippen LogP contribution is -2.43. The molecule has 1 amide bonds. The zero-order valence-electron chi connectivity index (χ0n) is 15.1. The Morgan fingerprint density at radius 1 is 1.18 bits per heavy atom. The molecule has 2 N–H and O–H groups in total. The smallest absolute Gasteiger partial charge is 0.243 e. The molecule has 6 heteroatoms. The lowest BCUT2D eigenvalue weighted by atomic mass is 10.0. The highest BCUT2D eigenvalue weighted by molar-refractivity contribution is 14.0. The molecule has 132 valence electrons. The second-order valence-corrected chi connectivity index (χ2v) is 6.25. The minimum Gasteiger partial charge on any atom is -0.356 e. The minimum absolute atomic E-state index is 0. The lowest BCUT2D eigenvalue weighted by molar-refractivity contribution is -0.127. The van der Waals surface area contributed by atoms with Crippen LogP contribution in [0.25, 0.3) is 0 Å².